The lowest BCUT2D eigenvalue weighted by molar-refractivity contribution is 0.0677. The van der Waals surface area contributed by atoms with Crippen LogP contribution in [0.25, 0.3) is 16.9 Å². The number of anilines is 1. The van der Waals surface area contributed by atoms with Crippen molar-refractivity contribution in [3.63, 3.8) is 0 Å². The number of piperidine rings is 1. The number of carbonyl (C=O) groups is 1. The van der Waals surface area contributed by atoms with Crippen LogP contribution in [0.2, 0.25) is 5.02 Å². The van der Waals surface area contributed by atoms with E-state index < -0.39 is 0 Å². The van der Waals surface area contributed by atoms with Crippen molar-refractivity contribution in [2.75, 3.05) is 32.1 Å². The van der Waals surface area contributed by atoms with Gasteiger partial charge in [0.05, 0.1) is 29.0 Å². The summed E-state index contributed by atoms with van der Waals surface area (Å²) in [5.41, 5.74) is 2.94. The molecule has 0 radical (unpaired) electrons. The number of hydrogen-bond donors (Lipinski definition) is 1. The second kappa shape index (κ2) is 10.3. The van der Waals surface area contributed by atoms with Crippen molar-refractivity contribution in [3.05, 3.63) is 75.9 Å². The average Bonchev–Trinajstić information content (AvgIpc) is 3.28. The van der Waals surface area contributed by atoms with Crippen LogP contribution in [0.1, 0.15) is 23.2 Å². The Kier molecular flexibility index (Phi) is 6.92. The van der Waals surface area contributed by atoms with Crippen LogP contribution >= 0.6 is 27.5 Å². The minimum atomic E-state index is 0.00969. The second-order valence-corrected chi connectivity index (χ2v) is 9.84. The maximum Gasteiger partial charge on any atom is 0.257 e. The number of carbonyl (C=O) groups excluding carboxylic acids is 1. The number of likely N-dealkylation sites (tertiary alicyclic amines) is 1. The number of nitrogens with zero attached hydrogens (tertiary/aromatic N) is 4. The lowest BCUT2D eigenvalue weighted by Crippen LogP contribution is -2.42. The van der Waals surface area contributed by atoms with Crippen molar-refractivity contribution in [1.82, 2.24) is 19.5 Å². The molecule has 2 aromatic carbocycles. The van der Waals surface area contributed by atoms with Crippen LogP contribution in [-0.2, 0) is 0 Å². The van der Waals surface area contributed by atoms with Gasteiger partial charge in [-0.3, -0.25) is 4.79 Å². The van der Waals surface area contributed by atoms with Crippen LogP contribution in [-0.4, -0.2) is 52.1 Å². The van der Waals surface area contributed by atoms with E-state index in [-0.39, 0.29) is 5.91 Å². The van der Waals surface area contributed by atoms with Gasteiger partial charge >= 0.3 is 0 Å². The predicted octanol–water partition coefficient (Wildman–Crippen LogP) is 5.79. The monoisotopic (exact) mass is 553 g/mol. The third-order valence-electron chi connectivity index (χ3n) is 6.29. The molecule has 1 aliphatic heterocycles. The molecule has 5 rings (SSSR count). The number of aromatic nitrogens is 3. The van der Waals surface area contributed by atoms with Crippen molar-refractivity contribution in [2.24, 2.45) is 5.92 Å². The number of hydrogen-bond acceptors (Lipinski definition) is 5. The smallest absolute Gasteiger partial charge is 0.257 e. The number of para-hydroxylation sites is 1. The minimum Gasteiger partial charge on any atom is -0.496 e. The standard InChI is InChI=1S/C26H25BrClN5O2/c1-35-23-11-5-3-9-19(23)26(34)32-12-6-7-17(16-32)14-29-24-13-22(18-8-2-4-10-21(18)28)31-25-20(27)15-30-33(24)25/h2-5,8-11,13,15,17,29H,6-7,12,14,16H2,1H3. The van der Waals surface area contributed by atoms with E-state index in [9.17, 15) is 4.79 Å². The molecule has 2 aromatic heterocycles. The van der Waals surface area contributed by atoms with Gasteiger partial charge in [0.15, 0.2) is 5.65 Å². The molecule has 1 atom stereocenters. The zero-order chi connectivity index (χ0) is 24.4. The van der Waals surface area contributed by atoms with Gasteiger partial charge in [-0.1, -0.05) is 41.9 Å². The predicted molar refractivity (Wildman–Crippen MR) is 141 cm³/mol. The highest BCUT2D eigenvalue weighted by molar-refractivity contribution is 9.10. The Balaban J connectivity index is 1.35. The summed E-state index contributed by atoms with van der Waals surface area (Å²) in [5, 5.41) is 8.67. The summed E-state index contributed by atoms with van der Waals surface area (Å²) in [6.07, 6.45) is 3.73. The highest BCUT2D eigenvalue weighted by atomic mass is 79.9. The molecule has 7 nitrogen and oxygen atoms in total. The van der Waals surface area contributed by atoms with E-state index in [2.05, 4.69) is 26.3 Å². The van der Waals surface area contributed by atoms with Crippen LogP contribution in [0.5, 0.6) is 5.75 Å². The first kappa shape index (κ1) is 23.6. The second-order valence-electron chi connectivity index (χ2n) is 8.57. The molecule has 4 aromatic rings. The number of halogens is 2. The number of methoxy groups -OCH3 is 1. The Morgan fingerprint density at radius 1 is 1.23 bits per heavy atom. The molecule has 1 N–H and O–H groups in total. The van der Waals surface area contributed by atoms with Crippen LogP contribution < -0.4 is 10.1 Å². The summed E-state index contributed by atoms with van der Waals surface area (Å²) >= 11 is 10.0. The summed E-state index contributed by atoms with van der Waals surface area (Å²) in [6.45, 7) is 2.13. The topological polar surface area (TPSA) is 71.8 Å². The van der Waals surface area contributed by atoms with Gasteiger partial charge in [-0.25, -0.2) is 4.98 Å². The van der Waals surface area contributed by atoms with Crippen LogP contribution in [0, 0.1) is 5.92 Å². The van der Waals surface area contributed by atoms with E-state index in [1.165, 1.54) is 0 Å². The fraction of sp³-hybridized carbons (Fsp3) is 0.269. The molecule has 1 aliphatic rings. The molecule has 1 saturated heterocycles. The van der Waals surface area contributed by atoms with Gasteiger partial charge in [0.1, 0.15) is 11.6 Å². The van der Waals surface area contributed by atoms with E-state index in [1.54, 1.807) is 17.8 Å². The van der Waals surface area contributed by atoms with Crippen LogP contribution in [0.15, 0.2) is 65.3 Å². The molecule has 3 heterocycles. The van der Waals surface area contributed by atoms with Gasteiger partial charge in [0, 0.05) is 36.3 Å². The zero-order valence-corrected chi connectivity index (χ0v) is 21.6. The van der Waals surface area contributed by atoms with Gasteiger partial charge in [-0.2, -0.15) is 9.61 Å². The molecule has 1 amide bonds. The normalized spacial score (nSPS) is 15.9. The first-order valence-electron chi connectivity index (χ1n) is 11.5. The van der Waals surface area contributed by atoms with Gasteiger partial charge in [0.2, 0.25) is 0 Å². The number of nitrogens with one attached hydrogen (secondary N) is 1. The molecule has 180 valence electrons. The molecular formula is C26H25BrClN5O2. The summed E-state index contributed by atoms with van der Waals surface area (Å²) in [5.74, 6) is 1.74. The molecule has 0 saturated carbocycles. The molecule has 1 unspecified atom stereocenters. The maximum atomic E-state index is 13.2. The van der Waals surface area contributed by atoms with Crippen molar-refractivity contribution in [1.29, 1.82) is 0 Å². The molecule has 1 fully saturated rings. The minimum absolute atomic E-state index is 0.00969. The van der Waals surface area contributed by atoms with Gasteiger partial charge in [-0.05, 0) is 52.9 Å². The highest BCUT2D eigenvalue weighted by Gasteiger charge is 2.26. The number of rotatable bonds is 6. The average molecular weight is 555 g/mol. The Hall–Kier alpha value is -3.10. The van der Waals surface area contributed by atoms with E-state index in [4.69, 9.17) is 21.3 Å². The van der Waals surface area contributed by atoms with Crippen LogP contribution in [0.3, 0.4) is 0 Å². The maximum absolute atomic E-state index is 13.2. The third-order valence-corrected chi connectivity index (χ3v) is 7.18. The van der Waals surface area contributed by atoms with E-state index in [0.29, 0.717) is 41.0 Å². The SMILES string of the molecule is COc1ccccc1C(=O)N1CCCC(CNc2cc(-c3ccccc3Cl)nc3c(Br)cnn23)C1. The molecule has 0 aliphatic carbocycles. The van der Waals surface area contributed by atoms with Crippen molar-refractivity contribution in [3.8, 4) is 17.0 Å². The molecule has 0 spiro atoms. The number of amides is 1. The Morgan fingerprint density at radius 3 is 2.86 bits per heavy atom. The largest absolute Gasteiger partial charge is 0.496 e. The third kappa shape index (κ3) is 4.86. The summed E-state index contributed by atoms with van der Waals surface area (Å²) in [6, 6.07) is 17.0. The van der Waals surface area contributed by atoms with E-state index >= 15 is 0 Å². The quantitative estimate of drug-likeness (QED) is 0.327. The fourth-order valence-electron chi connectivity index (χ4n) is 4.53. The molecule has 9 heteroatoms. The van der Waals surface area contributed by atoms with Crippen molar-refractivity contribution < 1.29 is 9.53 Å². The Bertz CT molecular complexity index is 1380. The fourth-order valence-corrected chi connectivity index (χ4v) is 5.11. The Labute approximate surface area is 217 Å². The van der Waals surface area contributed by atoms with Crippen LogP contribution in [0.4, 0.5) is 5.82 Å². The van der Waals surface area contributed by atoms with Gasteiger partial charge < -0.3 is 15.0 Å². The first-order valence-corrected chi connectivity index (χ1v) is 12.7. The summed E-state index contributed by atoms with van der Waals surface area (Å²) in [4.78, 5) is 19.9. The molecule has 35 heavy (non-hydrogen) atoms. The summed E-state index contributed by atoms with van der Waals surface area (Å²) in [7, 11) is 1.59. The number of ether oxygens (including phenoxy) is 1. The first-order chi connectivity index (χ1) is 17.0. The zero-order valence-electron chi connectivity index (χ0n) is 19.2. The highest BCUT2D eigenvalue weighted by Crippen LogP contribution is 2.31. The van der Waals surface area contributed by atoms with Crippen molar-refractivity contribution >= 4 is 44.9 Å². The van der Waals surface area contributed by atoms with Crippen molar-refractivity contribution in [2.45, 2.75) is 12.8 Å². The summed E-state index contributed by atoms with van der Waals surface area (Å²) < 4.78 is 7.99. The molecule has 0 bridgehead atoms. The lowest BCUT2D eigenvalue weighted by atomic mass is 9.97. The number of benzene rings is 2. The van der Waals surface area contributed by atoms with E-state index in [1.807, 2.05) is 59.5 Å². The van der Waals surface area contributed by atoms with E-state index in [0.717, 1.165) is 40.9 Å². The molecular weight excluding hydrogens is 530 g/mol. The number of fused-ring (bicyclic) bond motifs is 1. The van der Waals surface area contributed by atoms with Gasteiger partial charge in [0.25, 0.3) is 5.91 Å². The Morgan fingerprint density at radius 2 is 2.03 bits per heavy atom. The lowest BCUT2D eigenvalue weighted by Gasteiger charge is -2.33. The van der Waals surface area contributed by atoms with Gasteiger partial charge in [-0.15, -0.1) is 0 Å².